The maximum absolute atomic E-state index is 13.3. The summed E-state index contributed by atoms with van der Waals surface area (Å²) in [6.07, 6.45) is 5.34. The molecule has 0 saturated carbocycles. The number of carbonyl (C=O) groups excluding carboxylic acids is 1. The van der Waals surface area contributed by atoms with Crippen molar-refractivity contribution in [3.05, 3.63) is 77.6 Å². The zero-order chi connectivity index (χ0) is 32.9. The van der Waals surface area contributed by atoms with Crippen LogP contribution in [0, 0.1) is 25.2 Å². The number of aryl methyl sites for hydroxylation is 2. The number of nitrogens with zero attached hydrogens (tertiary/aromatic N) is 5. The minimum Gasteiger partial charge on any atom is -0.475 e. The van der Waals surface area contributed by atoms with Crippen molar-refractivity contribution in [1.82, 2.24) is 19.7 Å². The maximum atomic E-state index is 13.3. The Morgan fingerprint density at radius 2 is 1.73 bits per heavy atom. The Bertz CT molecular complexity index is 1720. The van der Waals surface area contributed by atoms with Gasteiger partial charge in [0.15, 0.2) is 0 Å². The summed E-state index contributed by atoms with van der Waals surface area (Å²) in [6.45, 7) is 16.0. The number of sulfonamides is 1. The van der Waals surface area contributed by atoms with E-state index in [4.69, 9.17) is 4.74 Å². The molecule has 0 bridgehead atoms. The summed E-state index contributed by atoms with van der Waals surface area (Å²) in [6, 6.07) is 13.4. The van der Waals surface area contributed by atoms with Crippen LogP contribution in [0.15, 0.2) is 65.8 Å². The van der Waals surface area contributed by atoms with Crippen molar-refractivity contribution in [3.63, 3.8) is 0 Å². The highest BCUT2D eigenvalue weighted by molar-refractivity contribution is 7.92. The first kappa shape index (κ1) is 33.6. The third kappa shape index (κ3) is 8.91. The molecule has 11 heteroatoms. The summed E-state index contributed by atoms with van der Waals surface area (Å²) in [4.78, 5) is 22.5. The predicted octanol–water partition coefficient (Wildman–Crippen LogP) is 6.55. The van der Waals surface area contributed by atoms with Gasteiger partial charge >= 0.3 is 0 Å². The molecule has 0 fully saturated rings. The normalized spacial score (nSPS) is 12.6. The number of nitrogens with one attached hydrogen (secondary N) is 1. The molecule has 4 rings (SSSR count). The van der Waals surface area contributed by atoms with Gasteiger partial charge in [-0.1, -0.05) is 65.0 Å². The van der Waals surface area contributed by atoms with E-state index in [0.29, 0.717) is 24.5 Å². The monoisotopic (exact) mass is 632 g/mol. The van der Waals surface area contributed by atoms with E-state index in [1.165, 1.54) is 24.3 Å². The molecule has 0 unspecified atom stereocenters. The molecule has 2 aromatic heterocycles. The van der Waals surface area contributed by atoms with E-state index in [2.05, 4.69) is 59.3 Å². The van der Waals surface area contributed by atoms with Crippen LogP contribution in [0.4, 0.5) is 11.6 Å². The molecular formula is C34H44N6O4S. The van der Waals surface area contributed by atoms with Crippen molar-refractivity contribution in [2.75, 3.05) is 23.3 Å². The molecule has 0 amide bonds. The van der Waals surface area contributed by atoms with Crippen LogP contribution in [0.3, 0.4) is 0 Å². The van der Waals surface area contributed by atoms with E-state index in [9.17, 15) is 13.2 Å². The van der Waals surface area contributed by atoms with Gasteiger partial charge in [-0.25, -0.2) is 18.1 Å². The number of anilines is 2. The highest BCUT2D eigenvalue weighted by Gasteiger charge is 2.25. The summed E-state index contributed by atoms with van der Waals surface area (Å²) in [5, 5.41) is 4.55. The Labute approximate surface area is 266 Å². The minimum atomic E-state index is -4.10. The van der Waals surface area contributed by atoms with Crippen molar-refractivity contribution < 1.29 is 17.9 Å². The molecule has 0 aliphatic heterocycles. The van der Waals surface area contributed by atoms with Gasteiger partial charge < -0.3 is 9.64 Å². The molecule has 2 aromatic carbocycles. The SMILES string of the molecule is Cc1cccc(C)c1-c1cc(OC[C@@H](CC(C)(C)C)N(C)c2cnn(CC(C)C)c2)nc(NS(=O)(=O)c2cccc(C=O)c2)n1. The summed E-state index contributed by atoms with van der Waals surface area (Å²) < 4.78 is 37.5. The fourth-order valence-corrected chi connectivity index (χ4v) is 6.24. The molecule has 10 nitrogen and oxygen atoms in total. The molecule has 1 N–H and O–H groups in total. The van der Waals surface area contributed by atoms with E-state index < -0.39 is 10.0 Å². The largest absolute Gasteiger partial charge is 0.475 e. The molecule has 0 saturated heterocycles. The Morgan fingerprint density at radius 3 is 2.38 bits per heavy atom. The zero-order valence-electron chi connectivity index (χ0n) is 27.4. The van der Waals surface area contributed by atoms with Gasteiger partial charge in [0.2, 0.25) is 11.8 Å². The average Bonchev–Trinajstić information content (AvgIpc) is 3.41. The van der Waals surface area contributed by atoms with E-state index in [1.54, 1.807) is 6.07 Å². The Morgan fingerprint density at radius 1 is 1.04 bits per heavy atom. The Kier molecular flexibility index (Phi) is 10.3. The number of ether oxygens (including phenoxy) is 1. The molecule has 45 heavy (non-hydrogen) atoms. The first-order valence-corrected chi connectivity index (χ1v) is 16.6. The van der Waals surface area contributed by atoms with Crippen molar-refractivity contribution in [2.45, 2.75) is 72.4 Å². The molecule has 2 heterocycles. The fraction of sp³-hybridized carbons (Fsp3) is 0.412. The lowest BCUT2D eigenvalue weighted by Gasteiger charge is -2.33. The number of hydrogen-bond acceptors (Lipinski definition) is 8. The lowest BCUT2D eigenvalue weighted by atomic mass is 9.88. The second-order valence-electron chi connectivity index (χ2n) is 13.1. The molecule has 0 spiro atoms. The van der Waals surface area contributed by atoms with Crippen LogP contribution in [0.1, 0.15) is 62.5 Å². The van der Waals surface area contributed by atoms with Crippen LogP contribution in [0.25, 0.3) is 11.3 Å². The molecular weight excluding hydrogens is 588 g/mol. The molecule has 0 aliphatic carbocycles. The second-order valence-corrected chi connectivity index (χ2v) is 14.8. The van der Waals surface area contributed by atoms with Crippen LogP contribution in [-0.4, -0.2) is 54.1 Å². The van der Waals surface area contributed by atoms with Crippen LogP contribution in [-0.2, 0) is 16.6 Å². The van der Waals surface area contributed by atoms with Crippen LogP contribution in [0.5, 0.6) is 5.88 Å². The maximum Gasteiger partial charge on any atom is 0.264 e. The first-order valence-electron chi connectivity index (χ1n) is 15.1. The summed E-state index contributed by atoms with van der Waals surface area (Å²) in [5.41, 5.74) is 4.60. The zero-order valence-corrected chi connectivity index (χ0v) is 28.2. The van der Waals surface area contributed by atoms with Crippen LogP contribution < -0.4 is 14.4 Å². The van der Waals surface area contributed by atoms with Crippen LogP contribution >= 0.6 is 0 Å². The molecule has 0 aliphatic rings. The number of carbonyl (C=O) groups is 1. The standard InChI is InChI=1S/C34H44N6O4S/c1-23(2)19-40-20-28(18-35-40)39(8)27(17-34(5,6)7)22-44-31-16-30(32-24(3)11-9-12-25(32)4)36-33(37-31)38-45(42,43)29-14-10-13-26(15-29)21-41/h9-16,18,20-21,23,27H,17,19,22H2,1-8H3,(H,36,37,38)/t27-/m1/s1. The van der Waals surface area contributed by atoms with Gasteiger partial charge in [-0.2, -0.15) is 10.1 Å². The predicted molar refractivity (Wildman–Crippen MR) is 178 cm³/mol. The molecule has 0 radical (unpaired) electrons. The molecule has 4 aromatic rings. The topological polar surface area (TPSA) is 119 Å². The van der Waals surface area contributed by atoms with Crippen LogP contribution in [0.2, 0.25) is 0 Å². The van der Waals surface area contributed by atoms with Crippen molar-refractivity contribution in [3.8, 4) is 17.1 Å². The quantitative estimate of drug-likeness (QED) is 0.165. The lowest BCUT2D eigenvalue weighted by Crippen LogP contribution is -2.39. The smallest absolute Gasteiger partial charge is 0.264 e. The third-order valence-electron chi connectivity index (χ3n) is 7.37. The molecule has 240 valence electrons. The second kappa shape index (κ2) is 13.8. The van der Waals surface area contributed by atoms with E-state index in [-0.39, 0.29) is 33.7 Å². The molecule has 1 atom stereocenters. The lowest BCUT2D eigenvalue weighted by molar-refractivity contribution is 0.112. The fourth-order valence-electron chi connectivity index (χ4n) is 5.24. The summed E-state index contributed by atoms with van der Waals surface area (Å²) >= 11 is 0. The van der Waals surface area contributed by atoms with Gasteiger partial charge in [0.05, 0.1) is 28.5 Å². The van der Waals surface area contributed by atoms with Gasteiger partial charge in [-0.05, 0) is 54.9 Å². The number of likely N-dealkylation sites (N-methyl/N-ethyl adjacent to an activating group) is 1. The van der Waals surface area contributed by atoms with Gasteiger partial charge in [0.25, 0.3) is 10.0 Å². The van der Waals surface area contributed by atoms with Crippen molar-refractivity contribution in [1.29, 1.82) is 0 Å². The number of benzene rings is 2. The number of aromatic nitrogens is 4. The highest BCUT2D eigenvalue weighted by atomic mass is 32.2. The van der Waals surface area contributed by atoms with Crippen molar-refractivity contribution in [2.24, 2.45) is 11.3 Å². The minimum absolute atomic E-state index is 0.00214. The van der Waals surface area contributed by atoms with E-state index in [1.807, 2.05) is 56.2 Å². The van der Waals surface area contributed by atoms with Crippen molar-refractivity contribution >= 4 is 27.9 Å². The highest BCUT2D eigenvalue weighted by Crippen LogP contribution is 2.31. The number of rotatable bonds is 13. The van der Waals surface area contributed by atoms with Gasteiger partial charge in [0.1, 0.15) is 12.9 Å². The first-order chi connectivity index (χ1) is 21.1. The number of aldehydes is 1. The van der Waals surface area contributed by atoms with E-state index >= 15 is 0 Å². The third-order valence-corrected chi connectivity index (χ3v) is 8.69. The van der Waals surface area contributed by atoms with E-state index in [0.717, 1.165) is 35.3 Å². The van der Waals surface area contributed by atoms with Gasteiger partial charge in [-0.15, -0.1) is 0 Å². The average molecular weight is 633 g/mol. The Balaban J connectivity index is 1.69. The van der Waals surface area contributed by atoms with Gasteiger partial charge in [-0.3, -0.25) is 9.48 Å². The number of hydrogen-bond donors (Lipinski definition) is 1. The summed E-state index contributed by atoms with van der Waals surface area (Å²) in [5.74, 6) is 0.586. The summed E-state index contributed by atoms with van der Waals surface area (Å²) in [7, 11) is -2.07. The Hall–Kier alpha value is -4.25. The van der Waals surface area contributed by atoms with Gasteiger partial charge in [0, 0.05) is 37.0 Å².